The summed E-state index contributed by atoms with van der Waals surface area (Å²) in [7, 11) is 0. The fourth-order valence-electron chi connectivity index (χ4n) is 2.16. The fourth-order valence-corrected chi connectivity index (χ4v) is 2.95. The van der Waals surface area contributed by atoms with Crippen LogP contribution in [0, 0.1) is 0 Å². The monoisotopic (exact) mass is 329 g/mol. The maximum absolute atomic E-state index is 12.4. The molecule has 0 radical (unpaired) electrons. The van der Waals surface area contributed by atoms with E-state index in [1.165, 1.54) is 22.3 Å². The number of amides is 1. The van der Waals surface area contributed by atoms with Gasteiger partial charge in [0.15, 0.2) is 0 Å². The van der Waals surface area contributed by atoms with Crippen molar-refractivity contribution in [3.63, 3.8) is 0 Å². The van der Waals surface area contributed by atoms with Gasteiger partial charge in [-0.2, -0.15) is 4.68 Å². The van der Waals surface area contributed by atoms with Crippen LogP contribution in [0.5, 0.6) is 0 Å². The van der Waals surface area contributed by atoms with E-state index in [2.05, 4.69) is 20.8 Å². The Hall–Kier alpha value is -2.58. The number of aliphatic hydroxyl groups is 1. The van der Waals surface area contributed by atoms with E-state index >= 15 is 0 Å². The molecule has 3 rings (SSSR count). The molecule has 118 valence electrons. The quantitative estimate of drug-likeness (QED) is 0.737. The SMILES string of the molecule is CC(O)(CNC(=O)c1sccc1-n1cnnn1)c1ccccc1. The normalized spacial score (nSPS) is 13.5. The molecule has 0 spiro atoms. The van der Waals surface area contributed by atoms with Crippen LogP contribution in [-0.4, -0.2) is 37.8 Å². The molecule has 2 aromatic heterocycles. The molecule has 0 aliphatic carbocycles. The van der Waals surface area contributed by atoms with E-state index in [9.17, 15) is 9.90 Å². The molecule has 1 unspecified atom stereocenters. The zero-order valence-electron chi connectivity index (χ0n) is 12.4. The van der Waals surface area contributed by atoms with Crippen LogP contribution < -0.4 is 5.32 Å². The number of nitrogens with one attached hydrogen (secondary N) is 1. The molecule has 0 saturated carbocycles. The lowest BCUT2D eigenvalue weighted by Crippen LogP contribution is -2.38. The van der Waals surface area contributed by atoms with Crippen molar-refractivity contribution in [3.8, 4) is 5.69 Å². The molecule has 0 bridgehead atoms. The van der Waals surface area contributed by atoms with Crippen LogP contribution in [0.2, 0.25) is 0 Å². The predicted octanol–water partition coefficient (Wildman–Crippen LogP) is 1.36. The molecular weight excluding hydrogens is 314 g/mol. The topological polar surface area (TPSA) is 92.9 Å². The van der Waals surface area contributed by atoms with Crippen molar-refractivity contribution in [2.45, 2.75) is 12.5 Å². The zero-order valence-corrected chi connectivity index (χ0v) is 13.2. The zero-order chi connectivity index (χ0) is 16.3. The number of rotatable bonds is 5. The Labute approximate surface area is 136 Å². The standard InChI is InChI=1S/C15H15N5O2S/c1-15(22,11-5-3-2-4-6-11)9-16-14(21)13-12(7-8-23-13)20-10-17-18-19-20/h2-8,10,22H,9H2,1H3,(H,16,21). The van der Waals surface area contributed by atoms with E-state index in [0.717, 1.165) is 5.56 Å². The summed E-state index contributed by atoms with van der Waals surface area (Å²) in [6.45, 7) is 1.77. The van der Waals surface area contributed by atoms with Gasteiger partial charge in [-0.25, -0.2) is 0 Å². The average molecular weight is 329 g/mol. The van der Waals surface area contributed by atoms with Crippen LogP contribution in [0.3, 0.4) is 0 Å². The summed E-state index contributed by atoms with van der Waals surface area (Å²) in [6, 6.07) is 11.0. The number of carbonyl (C=O) groups is 1. The summed E-state index contributed by atoms with van der Waals surface area (Å²) in [6.07, 6.45) is 1.43. The van der Waals surface area contributed by atoms with Crippen molar-refractivity contribution in [1.82, 2.24) is 25.5 Å². The first-order valence-electron chi connectivity index (χ1n) is 6.95. The second kappa shape index (κ2) is 6.27. The average Bonchev–Trinajstić information content (AvgIpc) is 3.24. The van der Waals surface area contributed by atoms with Crippen molar-refractivity contribution in [3.05, 3.63) is 58.5 Å². The van der Waals surface area contributed by atoms with E-state index in [4.69, 9.17) is 0 Å². The summed E-state index contributed by atoms with van der Waals surface area (Å²) < 4.78 is 1.43. The number of tetrazole rings is 1. The molecule has 0 fully saturated rings. The molecule has 1 aromatic carbocycles. The number of hydrogen-bond acceptors (Lipinski definition) is 6. The first kappa shape index (κ1) is 15.3. The third kappa shape index (κ3) is 3.27. The van der Waals surface area contributed by atoms with Gasteiger partial charge >= 0.3 is 0 Å². The lowest BCUT2D eigenvalue weighted by Gasteiger charge is -2.24. The minimum Gasteiger partial charge on any atom is -0.384 e. The van der Waals surface area contributed by atoms with Crippen molar-refractivity contribution in [2.75, 3.05) is 6.54 Å². The van der Waals surface area contributed by atoms with Crippen LogP contribution in [-0.2, 0) is 5.60 Å². The Morgan fingerprint density at radius 2 is 2.13 bits per heavy atom. The summed E-state index contributed by atoms with van der Waals surface area (Å²) >= 11 is 1.29. The minimum atomic E-state index is -1.15. The van der Waals surface area contributed by atoms with Gasteiger partial charge in [-0.1, -0.05) is 30.3 Å². The van der Waals surface area contributed by atoms with E-state index in [0.29, 0.717) is 10.6 Å². The van der Waals surface area contributed by atoms with Crippen LogP contribution in [0.1, 0.15) is 22.2 Å². The molecule has 0 saturated heterocycles. The van der Waals surface area contributed by atoms with Crippen molar-refractivity contribution in [2.24, 2.45) is 0 Å². The highest BCUT2D eigenvalue weighted by Gasteiger charge is 2.25. The number of hydrogen-bond donors (Lipinski definition) is 2. The molecule has 3 aromatic rings. The van der Waals surface area contributed by atoms with E-state index in [1.54, 1.807) is 18.4 Å². The van der Waals surface area contributed by atoms with Crippen LogP contribution in [0.4, 0.5) is 0 Å². The summed E-state index contributed by atoms with van der Waals surface area (Å²) in [5.74, 6) is -0.276. The Morgan fingerprint density at radius 1 is 1.35 bits per heavy atom. The molecule has 2 heterocycles. The lowest BCUT2D eigenvalue weighted by molar-refractivity contribution is 0.0527. The summed E-state index contributed by atoms with van der Waals surface area (Å²) in [5.41, 5.74) is 0.201. The highest BCUT2D eigenvalue weighted by Crippen LogP contribution is 2.22. The first-order chi connectivity index (χ1) is 11.1. The van der Waals surface area contributed by atoms with Gasteiger partial charge in [-0.15, -0.1) is 16.4 Å². The smallest absolute Gasteiger partial charge is 0.263 e. The van der Waals surface area contributed by atoms with Gasteiger partial charge in [0.2, 0.25) is 0 Å². The molecule has 1 atom stereocenters. The number of thiophene rings is 1. The highest BCUT2D eigenvalue weighted by atomic mass is 32.1. The second-order valence-corrected chi connectivity index (χ2v) is 6.13. The first-order valence-corrected chi connectivity index (χ1v) is 7.83. The third-order valence-corrected chi connectivity index (χ3v) is 4.34. The highest BCUT2D eigenvalue weighted by molar-refractivity contribution is 7.12. The van der Waals surface area contributed by atoms with E-state index < -0.39 is 5.60 Å². The van der Waals surface area contributed by atoms with E-state index in [-0.39, 0.29) is 12.5 Å². The second-order valence-electron chi connectivity index (χ2n) is 5.21. The van der Waals surface area contributed by atoms with E-state index in [1.807, 2.05) is 30.3 Å². The Bertz CT molecular complexity index is 783. The van der Waals surface area contributed by atoms with Gasteiger partial charge in [0.05, 0.1) is 12.2 Å². The molecule has 8 heteroatoms. The molecule has 1 amide bonds. The van der Waals surface area contributed by atoms with Gasteiger partial charge in [0, 0.05) is 0 Å². The molecule has 23 heavy (non-hydrogen) atoms. The van der Waals surface area contributed by atoms with Crippen molar-refractivity contribution >= 4 is 17.2 Å². The van der Waals surface area contributed by atoms with Gasteiger partial charge < -0.3 is 10.4 Å². The molecule has 7 nitrogen and oxygen atoms in total. The Kier molecular flexibility index (Phi) is 4.18. The fraction of sp³-hybridized carbons (Fsp3) is 0.200. The predicted molar refractivity (Wildman–Crippen MR) is 85.4 cm³/mol. The Balaban J connectivity index is 1.72. The molecular formula is C15H15N5O2S. The number of benzene rings is 1. The molecule has 0 aliphatic rings. The largest absolute Gasteiger partial charge is 0.384 e. The van der Waals surface area contributed by atoms with Crippen LogP contribution in [0.15, 0.2) is 48.1 Å². The molecule has 0 aliphatic heterocycles. The van der Waals surface area contributed by atoms with Gasteiger partial charge in [-0.3, -0.25) is 4.79 Å². The van der Waals surface area contributed by atoms with Crippen LogP contribution in [0.25, 0.3) is 5.69 Å². The number of carbonyl (C=O) groups excluding carboxylic acids is 1. The third-order valence-electron chi connectivity index (χ3n) is 3.44. The Morgan fingerprint density at radius 3 is 2.83 bits per heavy atom. The number of aromatic nitrogens is 4. The van der Waals surface area contributed by atoms with Gasteiger partial charge in [0.25, 0.3) is 5.91 Å². The minimum absolute atomic E-state index is 0.1000. The maximum Gasteiger partial charge on any atom is 0.263 e. The lowest BCUT2D eigenvalue weighted by atomic mass is 9.96. The van der Waals surface area contributed by atoms with Crippen molar-refractivity contribution < 1.29 is 9.90 Å². The summed E-state index contributed by atoms with van der Waals surface area (Å²) in [4.78, 5) is 12.9. The maximum atomic E-state index is 12.4. The van der Waals surface area contributed by atoms with Gasteiger partial charge in [0.1, 0.15) is 16.8 Å². The molecule has 2 N–H and O–H groups in total. The number of nitrogens with zero attached hydrogens (tertiary/aromatic N) is 4. The van der Waals surface area contributed by atoms with Crippen molar-refractivity contribution in [1.29, 1.82) is 0 Å². The summed E-state index contributed by atoms with van der Waals surface area (Å²) in [5, 5.41) is 26.0. The van der Waals surface area contributed by atoms with Crippen LogP contribution >= 0.6 is 11.3 Å². The van der Waals surface area contributed by atoms with Gasteiger partial charge in [-0.05, 0) is 34.4 Å².